The number of carbonyl (C=O) groups excluding carboxylic acids is 2. The fraction of sp³-hybridized carbons (Fsp3) is 0.429. The number of halogens is 1. The van der Waals surface area contributed by atoms with E-state index in [1.165, 1.54) is 7.11 Å². The van der Waals surface area contributed by atoms with Crippen molar-refractivity contribution in [2.75, 3.05) is 46.4 Å². The Balaban J connectivity index is 1.52. The van der Waals surface area contributed by atoms with Crippen LogP contribution in [-0.2, 0) is 4.74 Å². The summed E-state index contributed by atoms with van der Waals surface area (Å²) in [7, 11) is 1.34. The van der Waals surface area contributed by atoms with Crippen LogP contribution in [0.5, 0.6) is 5.75 Å². The van der Waals surface area contributed by atoms with Crippen LogP contribution >= 0.6 is 11.6 Å². The largest absolute Gasteiger partial charge is 0.491 e. The Kier molecular flexibility index (Phi) is 6.82. The fourth-order valence-electron chi connectivity index (χ4n) is 3.55. The molecule has 1 aromatic heterocycles. The molecule has 29 heavy (non-hydrogen) atoms. The van der Waals surface area contributed by atoms with Gasteiger partial charge in [0, 0.05) is 38.4 Å². The first-order valence-corrected chi connectivity index (χ1v) is 9.96. The maximum absolute atomic E-state index is 12.9. The van der Waals surface area contributed by atoms with Crippen molar-refractivity contribution in [1.82, 2.24) is 14.8 Å². The Labute approximate surface area is 175 Å². The van der Waals surface area contributed by atoms with Gasteiger partial charge in [-0.1, -0.05) is 23.7 Å². The van der Waals surface area contributed by atoms with Gasteiger partial charge in [-0.2, -0.15) is 0 Å². The van der Waals surface area contributed by atoms with Crippen LogP contribution in [0.1, 0.15) is 32.1 Å². The fourth-order valence-corrected chi connectivity index (χ4v) is 3.74. The Bertz CT molecular complexity index is 888. The lowest BCUT2D eigenvalue weighted by Gasteiger charge is -2.34. The van der Waals surface area contributed by atoms with Gasteiger partial charge in [0.05, 0.1) is 17.7 Å². The Morgan fingerprint density at radius 1 is 1.14 bits per heavy atom. The average molecular weight is 420 g/mol. The molecule has 0 saturated carbocycles. The van der Waals surface area contributed by atoms with Gasteiger partial charge in [0.25, 0.3) is 5.91 Å². The highest BCUT2D eigenvalue weighted by Gasteiger charge is 2.27. The normalized spacial score (nSPS) is 14.7. The molecule has 1 aliphatic rings. The highest BCUT2D eigenvalue weighted by atomic mass is 35.5. The van der Waals surface area contributed by atoms with Crippen molar-refractivity contribution in [3.05, 3.63) is 51.8 Å². The molecule has 1 saturated heterocycles. The van der Waals surface area contributed by atoms with E-state index in [-0.39, 0.29) is 5.91 Å². The minimum Gasteiger partial charge on any atom is -0.491 e. The van der Waals surface area contributed by atoms with E-state index in [4.69, 9.17) is 21.1 Å². The lowest BCUT2D eigenvalue weighted by Crippen LogP contribution is -2.49. The second-order valence-electron chi connectivity index (χ2n) is 7.03. The predicted molar refractivity (Wildman–Crippen MR) is 111 cm³/mol. The molecule has 0 atom stereocenters. The zero-order chi connectivity index (χ0) is 21.0. The van der Waals surface area contributed by atoms with Crippen LogP contribution in [0.3, 0.4) is 0 Å². The highest BCUT2D eigenvalue weighted by Crippen LogP contribution is 2.23. The highest BCUT2D eigenvalue weighted by molar-refractivity contribution is 6.32. The minimum absolute atomic E-state index is 0.0901. The van der Waals surface area contributed by atoms with Crippen molar-refractivity contribution >= 4 is 23.5 Å². The number of hydrogen-bond acceptors (Lipinski definition) is 5. The number of methoxy groups -OCH3 is 1. The number of H-pyrrole nitrogens is 1. The maximum Gasteiger partial charge on any atom is 0.339 e. The van der Waals surface area contributed by atoms with Crippen molar-refractivity contribution in [1.29, 1.82) is 0 Å². The van der Waals surface area contributed by atoms with E-state index in [1.807, 2.05) is 23.1 Å². The van der Waals surface area contributed by atoms with Gasteiger partial charge in [0.1, 0.15) is 18.1 Å². The molecule has 0 unspecified atom stereocenters. The van der Waals surface area contributed by atoms with Crippen molar-refractivity contribution in [3.63, 3.8) is 0 Å². The zero-order valence-electron chi connectivity index (χ0n) is 17.0. The summed E-state index contributed by atoms with van der Waals surface area (Å²) in [5.74, 6) is 0.160. The number of aromatic amines is 1. The number of piperazine rings is 1. The van der Waals surface area contributed by atoms with Crippen LogP contribution in [0.15, 0.2) is 24.3 Å². The third-order valence-corrected chi connectivity index (χ3v) is 5.51. The quantitative estimate of drug-likeness (QED) is 0.728. The number of benzene rings is 1. The molecular formula is C21H26ClN3O4. The molecule has 8 heteroatoms. The summed E-state index contributed by atoms with van der Waals surface area (Å²) in [4.78, 5) is 32.0. The Hall–Kier alpha value is -2.51. The van der Waals surface area contributed by atoms with Crippen molar-refractivity contribution in [2.45, 2.75) is 13.8 Å². The van der Waals surface area contributed by atoms with E-state index >= 15 is 0 Å². The smallest absolute Gasteiger partial charge is 0.339 e. The van der Waals surface area contributed by atoms with E-state index in [0.29, 0.717) is 53.0 Å². The molecular weight excluding hydrogens is 394 g/mol. The Morgan fingerprint density at radius 3 is 2.48 bits per heavy atom. The molecule has 1 amide bonds. The van der Waals surface area contributed by atoms with Gasteiger partial charge in [-0.05, 0) is 31.5 Å². The number of para-hydroxylation sites is 1. The molecule has 0 spiro atoms. The van der Waals surface area contributed by atoms with Gasteiger partial charge >= 0.3 is 5.97 Å². The molecule has 2 aromatic rings. The molecule has 0 bridgehead atoms. The van der Waals surface area contributed by atoms with E-state index < -0.39 is 5.97 Å². The Morgan fingerprint density at radius 2 is 1.83 bits per heavy atom. The number of rotatable bonds is 6. The summed E-state index contributed by atoms with van der Waals surface area (Å²) in [6, 6.07) is 7.41. The summed E-state index contributed by atoms with van der Waals surface area (Å²) in [5, 5.41) is 0.603. The van der Waals surface area contributed by atoms with Crippen molar-refractivity contribution in [2.24, 2.45) is 0 Å². The SMILES string of the molecule is COC(=O)c1c(C)[nH]c(C(=O)N2CCN(CCOc3ccccc3Cl)CC2)c1C. The third kappa shape index (κ3) is 4.74. The van der Waals surface area contributed by atoms with Crippen molar-refractivity contribution < 1.29 is 19.1 Å². The third-order valence-electron chi connectivity index (χ3n) is 5.20. The molecule has 1 fully saturated rings. The standard InChI is InChI=1S/C21H26ClN3O4/c1-14-18(21(27)28-3)15(2)23-19(14)20(26)25-10-8-24(9-11-25)12-13-29-17-7-5-4-6-16(17)22/h4-7,23H,8-13H2,1-3H3. The molecule has 3 rings (SSSR count). The number of carbonyl (C=O) groups is 2. The number of amides is 1. The number of aryl methyl sites for hydroxylation is 1. The molecule has 7 nitrogen and oxygen atoms in total. The van der Waals surface area contributed by atoms with Crippen LogP contribution < -0.4 is 4.74 Å². The average Bonchev–Trinajstić information content (AvgIpc) is 3.03. The molecule has 1 aromatic carbocycles. The summed E-state index contributed by atoms with van der Waals surface area (Å²) in [5.41, 5.74) is 2.17. The van der Waals surface area contributed by atoms with Gasteiger partial charge in [-0.3, -0.25) is 9.69 Å². The number of nitrogens with zero attached hydrogens (tertiary/aromatic N) is 2. The second kappa shape index (κ2) is 9.33. The number of aromatic nitrogens is 1. The summed E-state index contributed by atoms with van der Waals surface area (Å²) in [6.45, 7) is 7.61. The van der Waals surface area contributed by atoms with Gasteiger partial charge in [0.2, 0.25) is 0 Å². The molecule has 1 aliphatic heterocycles. The first-order chi connectivity index (χ1) is 13.9. The predicted octanol–water partition coefficient (Wildman–Crippen LogP) is 2.91. The van der Waals surface area contributed by atoms with E-state index in [9.17, 15) is 9.59 Å². The number of hydrogen-bond donors (Lipinski definition) is 1. The summed E-state index contributed by atoms with van der Waals surface area (Å²) >= 11 is 6.10. The van der Waals surface area contributed by atoms with Crippen molar-refractivity contribution in [3.8, 4) is 5.75 Å². The molecule has 1 N–H and O–H groups in total. The number of esters is 1. The van der Waals surface area contributed by atoms with Gasteiger partial charge in [0.15, 0.2) is 0 Å². The molecule has 0 aliphatic carbocycles. The lowest BCUT2D eigenvalue weighted by molar-refractivity contribution is 0.0599. The number of ether oxygens (including phenoxy) is 2. The minimum atomic E-state index is -0.432. The van der Waals surface area contributed by atoms with E-state index in [0.717, 1.165) is 19.6 Å². The summed E-state index contributed by atoms with van der Waals surface area (Å²) in [6.07, 6.45) is 0. The van der Waals surface area contributed by atoms with Crippen LogP contribution in [0.2, 0.25) is 5.02 Å². The lowest BCUT2D eigenvalue weighted by atomic mass is 10.1. The maximum atomic E-state index is 12.9. The number of nitrogens with one attached hydrogen (secondary N) is 1. The van der Waals surface area contributed by atoms with E-state index in [2.05, 4.69) is 9.88 Å². The first-order valence-electron chi connectivity index (χ1n) is 9.58. The molecule has 0 radical (unpaired) electrons. The van der Waals surface area contributed by atoms with Gasteiger partial charge in [-0.25, -0.2) is 4.79 Å². The molecule has 2 heterocycles. The second-order valence-corrected chi connectivity index (χ2v) is 7.44. The van der Waals surface area contributed by atoms with Crippen LogP contribution in [0.25, 0.3) is 0 Å². The topological polar surface area (TPSA) is 74.9 Å². The van der Waals surface area contributed by atoms with Gasteiger partial charge in [-0.15, -0.1) is 0 Å². The first kappa shape index (κ1) is 21.2. The van der Waals surface area contributed by atoms with Crippen LogP contribution in [0, 0.1) is 13.8 Å². The zero-order valence-corrected chi connectivity index (χ0v) is 17.7. The van der Waals surface area contributed by atoms with Crippen LogP contribution in [0.4, 0.5) is 0 Å². The molecule has 156 valence electrons. The summed E-state index contributed by atoms with van der Waals surface area (Å²) < 4.78 is 10.6. The van der Waals surface area contributed by atoms with E-state index in [1.54, 1.807) is 19.9 Å². The van der Waals surface area contributed by atoms with Gasteiger partial charge < -0.3 is 19.4 Å². The monoisotopic (exact) mass is 419 g/mol. The van der Waals surface area contributed by atoms with Crippen LogP contribution in [-0.4, -0.2) is 73.1 Å².